The lowest BCUT2D eigenvalue weighted by Gasteiger charge is -2.32. The Bertz CT molecular complexity index is 120. The van der Waals surface area contributed by atoms with Crippen molar-refractivity contribution in [2.75, 3.05) is 0 Å². The Labute approximate surface area is 54.9 Å². The van der Waals surface area contributed by atoms with E-state index in [4.69, 9.17) is 0 Å². The normalized spacial score (nSPS) is 36.9. The highest BCUT2D eigenvalue weighted by Crippen LogP contribution is 2.17. The third-order valence-electron chi connectivity index (χ3n) is 1.81. The van der Waals surface area contributed by atoms with Gasteiger partial charge in [0.2, 0.25) is 0 Å². The topological polar surface area (TPSA) is 40.1 Å². The van der Waals surface area contributed by atoms with Crippen molar-refractivity contribution in [2.24, 2.45) is 5.92 Å². The molecule has 0 saturated heterocycles. The molecule has 1 radical (unpaired) electrons. The fourth-order valence-corrected chi connectivity index (χ4v) is 0.987. The van der Waals surface area contributed by atoms with Crippen molar-refractivity contribution in [3.8, 4) is 0 Å². The summed E-state index contributed by atoms with van der Waals surface area (Å²) >= 11 is 0. The van der Waals surface area contributed by atoms with Crippen molar-refractivity contribution in [3.05, 3.63) is 6.42 Å². The highest BCUT2D eigenvalue weighted by Gasteiger charge is 2.19. The Balaban J connectivity index is 2.51. The molecule has 2 atom stereocenters. The highest BCUT2D eigenvalue weighted by molar-refractivity contribution is 5.83. The Kier molecular flexibility index (Phi) is 1.86. The first-order valence-electron chi connectivity index (χ1n) is 3.22. The second-order valence-corrected chi connectivity index (χ2v) is 2.52. The predicted octanol–water partition coefficient (Wildman–Crippen LogP) is -0.0814. The minimum absolute atomic E-state index is 0.0984. The van der Waals surface area contributed by atoms with Gasteiger partial charge in [-0.3, -0.25) is 4.79 Å². The monoisotopic (exact) mass is 126 g/mol. The zero-order chi connectivity index (χ0) is 6.85. The molecule has 0 bridgehead atoms. The van der Waals surface area contributed by atoms with Crippen LogP contribution in [-0.2, 0) is 4.79 Å². The minimum Gasteiger partial charge on any atom is -0.851 e. The van der Waals surface area contributed by atoms with E-state index in [0.29, 0.717) is 12.8 Å². The summed E-state index contributed by atoms with van der Waals surface area (Å²) in [5.41, 5.74) is 0. The molecule has 0 unspecified atom stereocenters. The summed E-state index contributed by atoms with van der Waals surface area (Å²) in [4.78, 5) is 10.8. The smallest absolute Gasteiger partial charge is 0.134 e. The molecule has 0 N–H and O–H groups in total. The van der Waals surface area contributed by atoms with Gasteiger partial charge in [-0.2, -0.15) is 0 Å². The highest BCUT2D eigenvalue weighted by atomic mass is 16.3. The summed E-state index contributed by atoms with van der Waals surface area (Å²) in [7, 11) is 0. The van der Waals surface area contributed by atoms with Crippen LogP contribution in [0.25, 0.3) is 0 Å². The van der Waals surface area contributed by atoms with Crippen molar-refractivity contribution in [1.29, 1.82) is 0 Å². The summed E-state index contributed by atoms with van der Waals surface area (Å²) in [6.07, 6.45) is 2.17. The summed E-state index contributed by atoms with van der Waals surface area (Å²) in [6.45, 7) is 1.72. The van der Waals surface area contributed by atoms with Crippen LogP contribution >= 0.6 is 0 Å². The number of carbonyl (C=O) groups excluding carboxylic acids is 1. The zero-order valence-corrected chi connectivity index (χ0v) is 5.46. The Morgan fingerprint density at radius 1 is 1.78 bits per heavy atom. The standard InChI is InChI=1S/C7H10O2/c1-5-6(8)3-2-4-7(5)9/h2,5-6H,3-4H2,1H3/q-1/t5-,6-/m0/s1. The van der Waals surface area contributed by atoms with E-state index in [0.717, 1.165) is 0 Å². The van der Waals surface area contributed by atoms with Crippen molar-refractivity contribution < 1.29 is 9.90 Å². The molecule has 0 aromatic heterocycles. The molecule has 51 valence electrons. The summed E-state index contributed by atoms with van der Waals surface area (Å²) < 4.78 is 0. The van der Waals surface area contributed by atoms with Gasteiger partial charge in [0.1, 0.15) is 5.78 Å². The summed E-state index contributed by atoms with van der Waals surface area (Å²) in [5.74, 6) is -0.156. The van der Waals surface area contributed by atoms with Gasteiger partial charge in [0.25, 0.3) is 0 Å². The van der Waals surface area contributed by atoms with Crippen molar-refractivity contribution in [3.63, 3.8) is 0 Å². The van der Waals surface area contributed by atoms with Gasteiger partial charge in [0.05, 0.1) is 0 Å². The number of hydrogen-bond acceptors (Lipinski definition) is 2. The lowest BCUT2D eigenvalue weighted by molar-refractivity contribution is -0.429. The third kappa shape index (κ3) is 1.30. The molecule has 2 nitrogen and oxygen atoms in total. The Morgan fingerprint density at radius 3 is 2.89 bits per heavy atom. The minimum atomic E-state index is -0.675. The van der Waals surface area contributed by atoms with Crippen LogP contribution in [0.4, 0.5) is 0 Å². The van der Waals surface area contributed by atoms with Crippen molar-refractivity contribution in [1.82, 2.24) is 0 Å². The molecule has 9 heavy (non-hydrogen) atoms. The molecule has 0 heterocycles. The van der Waals surface area contributed by atoms with Crippen LogP contribution in [0.5, 0.6) is 0 Å². The van der Waals surface area contributed by atoms with E-state index in [2.05, 4.69) is 0 Å². The molecule has 0 aromatic rings. The van der Waals surface area contributed by atoms with Gasteiger partial charge in [-0.05, 0) is 6.42 Å². The average Bonchev–Trinajstić information content (AvgIpc) is 1.83. The van der Waals surface area contributed by atoms with E-state index in [1.807, 2.05) is 0 Å². The van der Waals surface area contributed by atoms with Crippen LogP contribution in [0.1, 0.15) is 19.8 Å². The molecule has 1 saturated carbocycles. The average molecular weight is 126 g/mol. The van der Waals surface area contributed by atoms with Crippen LogP contribution in [0, 0.1) is 12.3 Å². The molecular formula is C7H10O2-. The number of Topliss-reactive ketones (excluding diaryl/α,β-unsaturated/α-hetero) is 1. The maximum Gasteiger partial charge on any atom is 0.134 e. The van der Waals surface area contributed by atoms with Gasteiger partial charge >= 0.3 is 0 Å². The number of ketones is 1. The molecule has 1 aliphatic carbocycles. The summed E-state index contributed by atoms with van der Waals surface area (Å²) in [5, 5.41) is 10.8. The van der Waals surface area contributed by atoms with E-state index in [1.165, 1.54) is 0 Å². The molecule has 2 heteroatoms. The van der Waals surface area contributed by atoms with Gasteiger partial charge in [-0.25, -0.2) is 0 Å². The van der Waals surface area contributed by atoms with Crippen LogP contribution < -0.4 is 5.11 Å². The maximum absolute atomic E-state index is 10.8. The van der Waals surface area contributed by atoms with E-state index in [9.17, 15) is 9.90 Å². The van der Waals surface area contributed by atoms with E-state index < -0.39 is 6.10 Å². The second kappa shape index (κ2) is 2.48. The van der Waals surface area contributed by atoms with Crippen molar-refractivity contribution in [2.45, 2.75) is 25.9 Å². The van der Waals surface area contributed by atoms with E-state index in [1.54, 1.807) is 13.3 Å². The molecule has 1 rings (SSSR count). The Hall–Kier alpha value is -0.370. The molecule has 0 aromatic carbocycles. The second-order valence-electron chi connectivity index (χ2n) is 2.52. The van der Waals surface area contributed by atoms with Crippen LogP contribution in [0.2, 0.25) is 0 Å². The number of rotatable bonds is 0. The predicted molar refractivity (Wildman–Crippen MR) is 31.5 cm³/mol. The third-order valence-corrected chi connectivity index (χ3v) is 1.81. The molecule has 0 aliphatic heterocycles. The molecule has 0 amide bonds. The number of hydrogen-bond donors (Lipinski definition) is 0. The van der Waals surface area contributed by atoms with Crippen LogP contribution in [0.15, 0.2) is 0 Å². The van der Waals surface area contributed by atoms with Gasteiger partial charge in [0, 0.05) is 12.3 Å². The SMILES string of the molecule is C[C@@H]1C(=O)C[CH]C[C@@H]1[O-]. The van der Waals surface area contributed by atoms with Crippen molar-refractivity contribution >= 4 is 5.78 Å². The largest absolute Gasteiger partial charge is 0.851 e. The molecule has 1 fully saturated rings. The maximum atomic E-state index is 10.8. The lowest BCUT2D eigenvalue weighted by atomic mass is 9.87. The molecule has 1 aliphatic rings. The number of carbonyl (C=O) groups is 1. The van der Waals surface area contributed by atoms with Gasteiger partial charge in [0.15, 0.2) is 0 Å². The van der Waals surface area contributed by atoms with Gasteiger partial charge < -0.3 is 5.11 Å². The molecular weight excluding hydrogens is 116 g/mol. The Morgan fingerprint density at radius 2 is 2.44 bits per heavy atom. The van der Waals surface area contributed by atoms with E-state index in [-0.39, 0.29) is 11.7 Å². The van der Waals surface area contributed by atoms with E-state index >= 15 is 0 Å². The van der Waals surface area contributed by atoms with Crippen LogP contribution in [0.3, 0.4) is 0 Å². The lowest BCUT2D eigenvalue weighted by Crippen LogP contribution is -2.40. The first kappa shape index (κ1) is 6.75. The quantitative estimate of drug-likeness (QED) is 0.455. The molecule has 0 spiro atoms. The first-order valence-corrected chi connectivity index (χ1v) is 3.22. The van der Waals surface area contributed by atoms with Gasteiger partial charge in [-0.1, -0.05) is 13.3 Å². The summed E-state index contributed by atoms with van der Waals surface area (Å²) in [6, 6.07) is 0. The van der Waals surface area contributed by atoms with Gasteiger partial charge in [-0.15, -0.1) is 6.10 Å². The fraction of sp³-hybridized carbons (Fsp3) is 0.714. The zero-order valence-electron chi connectivity index (χ0n) is 5.46. The van der Waals surface area contributed by atoms with Crippen LogP contribution in [-0.4, -0.2) is 11.9 Å². The fourth-order valence-electron chi connectivity index (χ4n) is 0.987. The first-order chi connectivity index (χ1) is 4.22.